The van der Waals surface area contributed by atoms with Crippen LogP contribution in [0.25, 0.3) is 22.4 Å². The Morgan fingerprint density at radius 3 is 2.52 bits per heavy atom. The highest BCUT2D eigenvalue weighted by Crippen LogP contribution is 2.43. The number of phenolic OH excluding ortho intramolecular Hbond substituents is 1. The first kappa shape index (κ1) is 17.0. The molecule has 1 aliphatic heterocycles. The van der Waals surface area contributed by atoms with Crippen LogP contribution in [0.2, 0.25) is 0 Å². The number of hydrogen-bond donors (Lipinski definition) is 1. The molecule has 0 aliphatic carbocycles. The first-order valence-corrected chi connectivity index (χ1v) is 8.47. The number of ether oxygens (including phenoxy) is 3. The number of rotatable bonds is 4. The van der Waals surface area contributed by atoms with Gasteiger partial charge < -0.3 is 19.3 Å². The second kappa shape index (κ2) is 6.68. The van der Waals surface area contributed by atoms with Crippen molar-refractivity contribution < 1.29 is 24.1 Å². The Morgan fingerprint density at radius 1 is 1.04 bits per heavy atom. The molecule has 1 N–H and O–H groups in total. The fourth-order valence-electron chi connectivity index (χ4n) is 3.40. The highest BCUT2D eigenvalue weighted by molar-refractivity contribution is 6.03. The van der Waals surface area contributed by atoms with Gasteiger partial charge in [-0.15, -0.1) is 0 Å². The molecule has 0 bridgehead atoms. The first-order valence-electron chi connectivity index (χ1n) is 8.47. The van der Waals surface area contributed by atoms with E-state index in [9.17, 15) is 9.90 Å². The third-order valence-electron chi connectivity index (χ3n) is 4.73. The summed E-state index contributed by atoms with van der Waals surface area (Å²) < 4.78 is 16.5. The van der Waals surface area contributed by atoms with E-state index in [2.05, 4.69) is 0 Å². The number of benzene rings is 3. The average Bonchev–Trinajstić information content (AvgIpc) is 2.72. The van der Waals surface area contributed by atoms with E-state index in [1.165, 1.54) is 20.3 Å². The summed E-state index contributed by atoms with van der Waals surface area (Å²) in [6.07, 6.45) is 1.78. The maximum absolute atomic E-state index is 11.7. The molecule has 0 fully saturated rings. The van der Waals surface area contributed by atoms with Crippen LogP contribution in [0, 0.1) is 0 Å². The van der Waals surface area contributed by atoms with Gasteiger partial charge in [0.2, 0.25) is 0 Å². The Morgan fingerprint density at radius 2 is 1.78 bits per heavy atom. The summed E-state index contributed by atoms with van der Waals surface area (Å²) in [6, 6.07) is 14.9. The van der Waals surface area contributed by atoms with Crippen molar-refractivity contribution in [2.45, 2.75) is 6.10 Å². The van der Waals surface area contributed by atoms with Crippen molar-refractivity contribution in [3.8, 4) is 23.0 Å². The van der Waals surface area contributed by atoms with Crippen LogP contribution in [0.1, 0.15) is 11.1 Å². The van der Waals surface area contributed by atoms with Crippen LogP contribution in [0.15, 0.2) is 48.5 Å². The lowest BCUT2D eigenvalue weighted by atomic mass is 9.92. The van der Waals surface area contributed by atoms with Gasteiger partial charge in [0, 0.05) is 22.8 Å². The molecule has 1 atom stereocenters. The lowest BCUT2D eigenvalue weighted by Gasteiger charge is -2.25. The highest BCUT2D eigenvalue weighted by atomic mass is 16.5. The average molecular weight is 362 g/mol. The number of methoxy groups -OCH3 is 2. The summed E-state index contributed by atoms with van der Waals surface area (Å²) in [7, 11) is 3.01. The van der Waals surface area contributed by atoms with Crippen molar-refractivity contribution in [2.75, 3.05) is 14.2 Å². The van der Waals surface area contributed by atoms with Crippen LogP contribution < -0.4 is 14.2 Å². The monoisotopic (exact) mass is 362 g/mol. The SMILES string of the molecule is COc1cc(O)c(C2=Cc3c(ccc4ccccc34)OC2C=O)cc1OC. The normalized spacial score (nSPS) is 15.5. The molecule has 0 radical (unpaired) electrons. The van der Waals surface area contributed by atoms with E-state index < -0.39 is 6.10 Å². The van der Waals surface area contributed by atoms with Crippen LogP contribution in [0.3, 0.4) is 0 Å². The predicted molar refractivity (Wildman–Crippen MR) is 104 cm³/mol. The summed E-state index contributed by atoms with van der Waals surface area (Å²) in [5.41, 5.74) is 1.89. The standard InChI is InChI=1S/C22H18O5/c1-25-20-10-15(18(24)11-21(20)26-2)17-9-16-14-6-4-3-5-13(14)7-8-19(16)27-22(17)12-23/h3-12,22,24H,1-2H3. The summed E-state index contributed by atoms with van der Waals surface area (Å²) in [4.78, 5) is 11.7. The van der Waals surface area contributed by atoms with Crippen LogP contribution in [-0.2, 0) is 4.79 Å². The topological polar surface area (TPSA) is 65.0 Å². The maximum atomic E-state index is 11.7. The molecule has 136 valence electrons. The summed E-state index contributed by atoms with van der Waals surface area (Å²) in [6.45, 7) is 0. The molecule has 3 aromatic carbocycles. The number of fused-ring (bicyclic) bond motifs is 3. The molecule has 3 aromatic rings. The quantitative estimate of drug-likeness (QED) is 0.709. The van der Waals surface area contributed by atoms with Crippen LogP contribution in [0.5, 0.6) is 23.0 Å². The molecule has 1 aliphatic rings. The molecule has 0 amide bonds. The van der Waals surface area contributed by atoms with Gasteiger partial charge in [0.05, 0.1) is 14.2 Å². The minimum Gasteiger partial charge on any atom is -0.507 e. The third kappa shape index (κ3) is 2.77. The van der Waals surface area contributed by atoms with E-state index >= 15 is 0 Å². The summed E-state index contributed by atoms with van der Waals surface area (Å²) in [5, 5.41) is 12.6. The second-order valence-corrected chi connectivity index (χ2v) is 6.20. The van der Waals surface area contributed by atoms with E-state index in [4.69, 9.17) is 14.2 Å². The van der Waals surface area contributed by atoms with Gasteiger partial charge in [0.25, 0.3) is 0 Å². The lowest BCUT2D eigenvalue weighted by molar-refractivity contribution is -0.111. The van der Waals surface area contributed by atoms with E-state index in [0.29, 0.717) is 28.4 Å². The Balaban J connectivity index is 1.96. The number of hydrogen-bond acceptors (Lipinski definition) is 5. The van der Waals surface area contributed by atoms with Crippen molar-refractivity contribution >= 4 is 28.7 Å². The van der Waals surface area contributed by atoms with Gasteiger partial charge in [-0.3, -0.25) is 4.79 Å². The van der Waals surface area contributed by atoms with Gasteiger partial charge in [-0.1, -0.05) is 30.3 Å². The van der Waals surface area contributed by atoms with Crippen molar-refractivity contribution in [3.05, 3.63) is 59.7 Å². The highest BCUT2D eigenvalue weighted by Gasteiger charge is 2.27. The van der Waals surface area contributed by atoms with Crippen LogP contribution in [0.4, 0.5) is 0 Å². The van der Waals surface area contributed by atoms with Gasteiger partial charge in [-0.05, 0) is 29.0 Å². The molecule has 27 heavy (non-hydrogen) atoms. The summed E-state index contributed by atoms with van der Waals surface area (Å²) in [5.74, 6) is 1.48. The molecule has 5 nitrogen and oxygen atoms in total. The molecule has 4 rings (SSSR count). The van der Waals surface area contributed by atoms with Crippen LogP contribution >= 0.6 is 0 Å². The molecule has 0 spiro atoms. The molecule has 0 saturated carbocycles. The van der Waals surface area contributed by atoms with Gasteiger partial charge in [0.1, 0.15) is 11.5 Å². The zero-order valence-corrected chi connectivity index (χ0v) is 14.9. The smallest absolute Gasteiger partial charge is 0.179 e. The van der Waals surface area contributed by atoms with Gasteiger partial charge in [0.15, 0.2) is 23.9 Å². The number of aromatic hydroxyl groups is 1. The van der Waals surface area contributed by atoms with E-state index in [-0.39, 0.29) is 5.75 Å². The first-order chi connectivity index (χ1) is 13.2. The lowest BCUT2D eigenvalue weighted by Crippen LogP contribution is -2.23. The zero-order valence-electron chi connectivity index (χ0n) is 14.9. The van der Waals surface area contributed by atoms with Gasteiger partial charge in [-0.2, -0.15) is 0 Å². The second-order valence-electron chi connectivity index (χ2n) is 6.20. The minimum absolute atomic E-state index is 0.0157. The Labute approximate surface area is 156 Å². The fraction of sp³-hybridized carbons (Fsp3) is 0.136. The Hall–Kier alpha value is -3.47. The molecule has 0 aromatic heterocycles. The van der Waals surface area contributed by atoms with Gasteiger partial charge >= 0.3 is 0 Å². The number of carbonyl (C=O) groups excluding carboxylic acids is 1. The maximum Gasteiger partial charge on any atom is 0.179 e. The molecular formula is C22H18O5. The number of phenols is 1. The van der Waals surface area contributed by atoms with E-state index in [0.717, 1.165) is 22.6 Å². The van der Waals surface area contributed by atoms with E-state index in [1.807, 2.05) is 42.5 Å². The van der Waals surface area contributed by atoms with Gasteiger partial charge in [-0.25, -0.2) is 0 Å². The summed E-state index contributed by atoms with van der Waals surface area (Å²) >= 11 is 0. The van der Waals surface area contributed by atoms with E-state index in [1.54, 1.807) is 6.07 Å². The Bertz CT molecular complexity index is 1070. The minimum atomic E-state index is -0.831. The molecule has 1 unspecified atom stereocenters. The molecular weight excluding hydrogens is 344 g/mol. The van der Waals surface area contributed by atoms with Crippen molar-refractivity contribution in [1.82, 2.24) is 0 Å². The number of aldehydes is 1. The molecule has 0 saturated heterocycles. The van der Waals surface area contributed by atoms with Crippen molar-refractivity contribution in [1.29, 1.82) is 0 Å². The third-order valence-corrected chi connectivity index (χ3v) is 4.73. The largest absolute Gasteiger partial charge is 0.507 e. The van der Waals surface area contributed by atoms with Crippen LogP contribution in [-0.4, -0.2) is 31.7 Å². The Kier molecular flexibility index (Phi) is 4.20. The zero-order chi connectivity index (χ0) is 19.0. The predicted octanol–water partition coefficient (Wildman–Crippen LogP) is 4.06. The van der Waals surface area contributed by atoms with Crippen molar-refractivity contribution in [3.63, 3.8) is 0 Å². The number of carbonyl (C=O) groups is 1. The van der Waals surface area contributed by atoms with Crippen molar-refractivity contribution in [2.24, 2.45) is 0 Å². The molecule has 1 heterocycles. The fourth-order valence-corrected chi connectivity index (χ4v) is 3.40. The molecule has 5 heteroatoms.